The first-order valence-corrected chi connectivity index (χ1v) is 9.87. The maximum Gasteiger partial charge on any atom is 0.344 e. The van der Waals surface area contributed by atoms with Gasteiger partial charge in [0.2, 0.25) is 5.91 Å². The number of hydrogen-bond acceptors (Lipinski definition) is 6. The molecule has 0 bridgehead atoms. The largest absolute Gasteiger partial charge is 0.464 e. The molecule has 1 fully saturated rings. The van der Waals surface area contributed by atoms with Crippen LogP contribution < -0.4 is 21.4 Å². The number of esters is 1. The second kappa shape index (κ2) is 10.1. The SMILES string of the molecule is CC(=O)OCCNC(=O)CC1(C(C)C)NC(=O)N(NC(=O)Nc2ccc(C)cc2F)C1=O. The van der Waals surface area contributed by atoms with Gasteiger partial charge in [-0.3, -0.25) is 14.4 Å². The van der Waals surface area contributed by atoms with Gasteiger partial charge in [-0.05, 0) is 30.5 Å². The van der Waals surface area contributed by atoms with Crippen LogP contribution in [0.25, 0.3) is 0 Å². The summed E-state index contributed by atoms with van der Waals surface area (Å²) in [5, 5.41) is 7.65. The summed E-state index contributed by atoms with van der Waals surface area (Å²) in [4.78, 5) is 60.8. The number of hydrazine groups is 1. The molecular formula is C20H26FN5O6. The van der Waals surface area contributed by atoms with Gasteiger partial charge in [-0.15, -0.1) is 0 Å². The summed E-state index contributed by atoms with van der Waals surface area (Å²) in [6.07, 6.45) is -0.401. The van der Waals surface area contributed by atoms with E-state index in [0.717, 1.165) is 0 Å². The second-order valence-corrected chi connectivity index (χ2v) is 7.61. The molecule has 174 valence electrons. The van der Waals surface area contributed by atoms with Crippen LogP contribution in [0.2, 0.25) is 0 Å². The van der Waals surface area contributed by atoms with Crippen LogP contribution >= 0.6 is 0 Å². The van der Waals surface area contributed by atoms with Crippen molar-refractivity contribution in [2.45, 2.75) is 39.7 Å². The summed E-state index contributed by atoms with van der Waals surface area (Å²) < 4.78 is 18.7. The first kappa shape index (κ1) is 24.6. The van der Waals surface area contributed by atoms with Crippen molar-refractivity contribution >= 4 is 35.5 Å². The van der Waals surface area contributed by atoms with E-state index >= 15 is 0 Å². The van der Waals surface area contributed by atoms with Gasteiger partial charge in [-0.2, -0.15) is 5.01 Å². The Balaban J connectivity index is 2.05. The third kappa shape index (κ3) is 5.71. The van der Waals surface area contributed by atoms with Gasteiger partial charge >= 0.3 is 18.0 Å². The number of ether oxygens (including phenoxy) is 1. The minimum Gasteiger partial charge on any atom is -0.464 e. The Hall–Kier alpha value is -3.70. The molecule has 1 aliphatic rings. The van der Waals surface area contributed by atoms with Crippen LogP contribution in [0.4, 0.5) is 19.7 Å². The summed E-state index contributed by atoms with van der Waals surface area (Å²) in [7, 11) is 0. The molecule has 0 aromatic heterocycles. The van der Waals surface area contributed by atoms with Crippen molar-refractivity contribution in [3.05, 3.63) is 29.6 Å². The number of carbonyl (C=O) groups excluding carboxylic acids is 5. The van der Waals surface area contributed by atoms with Gasteiger partial charge in [0.15, 0.2) is 0 Å². The molecule has 1 aromatic rings. The van der Waals surface area contributed by atoms with E-state index in [1.54, 1.807) is 26.8 Å². The fourth-order valence-electron chi connectivity index (χ4n) is 3.08. The first-order chi connectivity index (χ1) is 15.0. The number of halogens is 1. The minimum atomic E-state index is -1.61. The number of nitrogens with one attached hydrogen (secondary N) is 4. The topological polar surface area (TPSA) is 146 Å². The highest BCUT2D eigenvalue weighted by atomic mass is 19.1. The molecule has 6 amide bonds. The Labute approximate surface area is 184 Å². The molecule has 0 saturated carbocycles. The third-order valence-electron chi connectivity index (χ3n) is 4.86. The van der Waals surface area contributed by atoms with E-state index in [4.69, 9.17) is 4.74 Å². The molecule has 4 N–H and O–H groups in total. The number of benzene rings is 1. The Bertz CT molecular complexity index is 937. The van der Waals surface area contributed by atoms with Crippen molar-refractivity contribution < 1.29 is 33.1 Å². The molecule has 0 aliphatic carbocycles. The molecule has 2 rings (SSSR count). The van der Waals surface area contributed by atoms with Gasteiger partial charge in [0.1, 0.15) is 18.0 Å². The van der Waals surface area contributed by atoms with Gasteiger partial charge in [-0.25, -0.2) is 19.4 Å². The highest BCUT2D eigenvalue weighted by molar-refractivity contribution is 6.10. The van der Waals surface area contributed by atoms with E-state index in [2.05, 4.69) is 21.4 Å². The molecule has 1 aliphatic heterocycles. The number of aryl methyl sites for hydroxylation is 1. The normalized spacial score (nSPS) is 17.8. The van der Waals surface area contributed by atoms with E-state index in [9.17, 15) is 28.4 Å². The molecule has 12 heteroatoms. The number of imide groups is 1. The number of anilines is 1. The summed E-state index contributed by atoms with van der Waals surface area (Å²) >= 11 is 0. The van der Waals surface area contributed by atoms with E-state index in [1.807, 2.05) is 0 Å². The number of rotatable bonds is 8. The van der Waals surface area contributed by atoms with Crippen LogP contribution in [0.5, 0.6) is 0 Å². The lowest BCUT2D eigenvalue weighted by Crippen LogP contribution is -2.56. The van der Waals surface area contributed by atoms with Crippen molar-refractivity contribution in [1.29, 1.82) is 0 Å². The summed E-state index contributed by atoms with van der Waals surface area (Å²) in [5.41, 5.74) is 0.988. The van der Waals surface area contributed by atoms with E-state index in [0.29, 0.717) is 10.6 Å². The molecule has 1 atom stereocenters. The Morgan fingerprint density at radius 3 is 2.53 bits per heavy atom. The highest BCUT2D eigenvalue weighted by Gasteiger charge is 2.55. The van der Waals surface area contributed by atoms with Gasteiger partial charge in [0.25, 0.3) is 5.91 Å². The Morgan fingerprint density at radius 2 is 1.94 bits per heavy atom. The monoisotopic (exact) mass is 451 g/mol. The third-order valence-corrected chi connectivity index (χ3v) is 4.86. The van der Waals surface area contributed by atoms with Crippen molar-refractivity contribution in [3.8, 4) is 0 Å². The lowest BCUT2D eigenvalue weighted by Gasteiger charge is -2.30. The van der Waals surface area contributed by atoms with Crippen molar-refractivity contribution in [2.75, 3.05) is 18.5 Å². The molecule has 1 aromatic carbocycles. The van der Waals surface area contributed by atoms with Crippen LogP contribution in [0.3, 0.4) is 0 Å². The van der Waals surface area contributed by atoms with Crippen molar-refractivity contribution in [3.63, 3.8) is 0 Å². The van der Waals surface area contributed by atoms with Gasteiger partial charge in [-0.1, -0.05) is 19.9 Å². The van der Waals surface area contributed by atoms with Gasteiger partial charge < -0.3 is 20.7 Å². The van der Waals surface area contributed by atoms with Crippen molar-refractivity contribution in [1.82, 2.24) is 21.1 Å². The number of nitrogens with zero attached hydrogens (tertiary/aromatic N) is 1. The van der Waals surface area contributed by atoms with E-state index in [-0.39, 0.29) is 18.8 Å². The summed E-state index contributed by atoms with van der Waals surface area (Å²) in [6.45, 7) is 6.16. The fraction of sp³-hybridized carbons (Fsp3) is 0.450. The summed E-state index contributed by atoms with van der Waals surface area (Å²) in [6, 6.07) is 2.19. The summed E-state index contributed by atoms with van der Waals surface area (Å²) in [5.74, 6) is -3.09. The van der Waals surface area contributed by atoms with Crippen LogP contribution in [-0.4, -0.2) is 53.5 Å². The molecular weight excluding hydrogens is 425 g/mol. The fourth-order valence-corrected chi connectivity index (χ4v) is 3.08. The Kier molecular flexibility index (Phi) is 7.73. The standard InChI is InChI=1S/C20H26FN5O6/c1-11(2)20(10-16(28)22-7-8-32-13(4)27)17(29)26(19(31)24-20)25-18(30)23-15-6-5-12(3)9-14(15)21/h5-6,9,11H,7-8,10H2,1-4H3,(H,22,28)(H,24,31)(H2,23,25,30). The highest BCUT2D eigenvalue weighted by Crippen LogP contribution is 2.29. The molecule has 1 saturated heterocycles. The average molecular weight is 451 g/mol. The van der Waals surface area contributed by atoms with Crippen molar-refractivity contribution in [2.24, 2.45) is 5.92 Å². The lowest BCUT2D eigenvalue weighted by molar-refractivity contribution is -0.141. The zero-order valence-corrected chi connectivity index (χ0v) is 18.2. The number of carbonyl (C=O) groups is 5. The molecule has 0 spiro atoms. The maximum absolute atomic E-state index is 13.9. The molecule has 1 unspecified atom stereocenters. The smallest absolute Gasteiger partial charge is 0.344 e. The first-order valence-electron chi connectivity index (χ1n) is 9.87. The second-order valence-electron chi connectivity index (χ2n) is 7.61. The molecule has 32 heavy (non-hydrogen) atoms. The van der Waals surface area contributed by atoms with Crippen LogP contribution in [0.1, 0.15) is 32.8 Å². The number of hydrogen-bond donors (Lipinski definition) is 4. The van der Waals surface area contributed by atoms with Gasteiger partial charge in [0, 0.05) is 6.92 Å². The number of amides is 6. The maximum atomic E-state index is 13.9. The Morgan fingerprint density at radius 1 is 1.25 bits per heavy atom. The molecule has 11 nitrogen and oxygen atoms in total. The van der Waals surface area contributed by atoms with Crippen LogP contribution in [-0.2, 0) is 19.1 Å². The molecule has 0 radical (unpaired) electrons. The quantitative estimate of drug-likeness (QED) is 0.265. The molecule has 1 heterocycles. The van der Waals surface area contributed by atoms with Crippen LogP contribution in [0, 0.1) is 18.7 Å². The average Bonchev–Trinajstić information content (AvgIpc) is 2.92. The zero-order valence-electron chi connectivity index (χ0n) is 18.2. The van der Waals surface area contributed by atoms with Gasteiger partial charge in [0.05, 0.1) is 18.7 Å². The van der Waals surface area contributed by atoms with E-state index < -0.39 is 53.5 Å². The predicted molar refractivity (Wildman–Crippen MR) is 110 cm³/mol. The lowest BCUT2D eigenvalue weighted by atomic mass is 9.83. The number of urea groups is 2. The zero-order chi connectivity index (χ0) is 24.1. The van der Waals surface area contributed by atoms with Crippen LogP contribution in [0.15, 0.2) is 18.2 Å². The predicted octanol–water partition coefficient (Wildman–Crippen LogP) is 1.19. The van der Waals surface area contributed by atoms with E-state index in [1.165, 1.54) is 19.1 Å². The minimum absolute atomic E-state index is 0.0290.